The number of rotatable bonds is 3. The minimum Gasteiger partial charge on any atom is -0.507 e. The molecule has 3 aliphatic rings. The number of benzene rings is 2. The van der Waals surface area contributed by atoms with Crippen LogP contribution in [0.25, 0.3) is 5.76 Å². The second kappa shape index (κ2) is 7.31. The highest BCUT2D eigenvalue weighted by molar-refractivity contribution is 6.46. The standard InChI is InChI=1S/C25H25NO4/c1-15-13-18-14-17(11-12-20(18)30-15)23(27)21-22(16-7-3-2-4-8-16)26(25(29)24(21)28)19-9-5-6-10-19/h2-4,7-8,11-12,14-15,19,22,27H,5-6,9-10,13H2,1H3/b23-21-. The van der Waals surface area contributed by atoms with Gasteiger partial charge < -0.3 is 14.7 Å². The Kier molecular flexibility index (Phi) is 4.61. The van der Waals surface area contributed by atoms with E-state index < -0.39 is 17.7 Å². The van der Waals surface area contributed by atoms with E-state index in [0.717, 1.165) is 49.0 Å². The summed E-state index contributed by atoms with van der Waals surface area (Å²) in [6.45, 7) is 2.00. The summed E-state index contributed by atoms with van der Waals surface area (Å²) in [5, 5.41) is 11.2. The van der Waals surface area contributed by atoms with Crippen molar-refractivity contribution in [2.24, 2.45) is 0 Å². The summed E-state index contributed by atoms with van der Waals surface area (Å²) in [7, 11) is 0. The molecular formula is C25H25NO4. The fourth-order valence-electron chi connectivity index (χ4n) is 5.10. The Morgan fingerprint density at radius 1 is 1.07 bits per heavy atom. The summed E-state index contributed by atoms with van der Waals surface area (Å²) >= 11 is 0. The van der Waals surface area contributed by atoms with Gasteiger partial charge in [0.15, 0.2) is 0 Å². The summed E-state index contributed by atoms with van der Waals surface area (Å²) in [6, 6.07) is 14.5. The molecule has 1 aliphatic carbocycles. The van der Waals surface area contributed by atoms with Gasteiger partial charge in [-0.15, -0.1) is 0 Å². The Bertz CT molecular complexity index is 1040. The number of nitrogens with zero attached hydrogens (tertiary/aromatic N) is 1. The molecule has 1 amide bonds. The Balaban J connectivity index is 1.64. The van der Waals surface area contributed by atoms with Crippen molar-refractivity contribution in [3.8, 4) is 5.75 Å². The highest BCUT2D eigenvalue weighted by Gasteiger charge is 2.49. The molecule has 2 aromatic carbocycles. The lowest BCUT2D eigenvalue weighted by molar-refractivity contribution is -0.141. The molecule has 5 heteroatoms. The van der Waals surface area contributed by atoms with Crippen LogP contribution < -0.4 is 4.74 Å². The zero-order valence-electron chi connectivity index (χ0n) is 17.0. The zero-order valence-corrected chi connectivity index (χ0v) is 17.0. The summed E-state index contributed by atoms with van der Waals surface area (Å²) in [5.41, 5.74) is 2.60. The fourth-order valence-corrected chi connectivity index (χ4v) is 5.10. The highest BCUT2D eigenvalue weighted by Crippen LogP contribution is 2.43. The minimum atomic E-state index is -0.599. The molecule has 0 spiro atoms. The van der Waals surface area contributed by atoms with Crippen molar-refractivity contribution in [3.63, 3.8) is 0 Å². The van der Waals surface area contributed by atoms with Gasteiger partial charge in [-0.1, -0.05) is 43.2 Å². The highest BCUT2D eigenvalue weighted by atomic mass is 16.5. The van der Waals surface area contributed by atoms with Crippen LogP contribution in [0.1, 0.15) is 55.3 Å². The van der Waals surface area contributed by atoms with Gasteiger partial charge in [0, 0.05) is 18.0 Å². The topological polar surface area (TPSA) is 66.8 Å². The number of fused-ring (bicyclic) bond motifs is 1. The van der Waals surface area contributed by atoms with Crippen molar-refractivity contribution in [3.05, 3.63) is 70.8 Å². The number of ketones is 1. The maximum Gasteiger partial charge on any atom is 0.295 e. The van der Waals surface area contributed by atoms with Gasteiger partial charge in [-0.25, -0.2) is 0 Å². The van der Waals surface area contributed by atoms with Gasteiger partial charge in [0.05, 0.1) is 11.6 Å². The van der Waals surface area contributed by atoms with Crippen molar-refractivity contribution in [1.82, 2.24) is 4.90 Å². The predicted octanol–water partition coefficient (Wildman–Crippen LogP) is 4.37. The average Bonchev–Trinajstić information content (AvgIpc) is 3.46. The van der Waals surface area contributed by atoms with E-state index in [4.69, 9.17) is 4.74 Å². The van der Waals surface area contributed by atoms with Gasteiger partial charge >= 0.3 is 0 Å². The molecular weight excluding hydrogens is 378 g/mol. The van der Waals surface area contributed by atoms with E-state index in [1.807, 2.05) is 49.4 Å². The van der Waals surface area contributed by atoms with E-state index in [-0.39, 0.29) is 23.5 Å². The molecule has 2 fully saturated rings. The van der Waals surface area contributed by atoms with Crippen LogP contribution >= 0.6 is 0 Å². The number of likely N-dealkylation sites (tertiary alicyclic amines) is 1. The van der Waals surface area contributed by atoms with Crippen molar-refractivity contribution in [2.45, 2.75) is 57.2 Å². The summed E-state index contributed by atoms with van der Waals surface area (Å²) in [4.78, 5) is 27.9. The van der Waals surface area contributed by atoms with Crippen molar-refractivity contribution in [1.29, 1.82) is 0 Å². The van der Waals surface area contributed by atoms with E-state index >= 15 is 0 Å². The van der Waals surface area contributed by atoms with Crippen LogP contribution in [0.2, 0.25) is 0 Å². The number of aliphatic hydroxyl groups excluding tert-OH is 1. The van der Waals surface area contributed by atoms with E-state index in [1.54, 1.807) is 11.0 Å². The molecule has 1 saturated heterocycles. The first kappa shape index (κ1) is 18.9. The second-order valence-electron chi connectivity index (χ2n) is 8.51. The van der Waals surface area contributed by atoms with Gasteiger partial charge in [0.25, 0.3) is 11.7 Å². The molecule has 0 radical (unpaired) electrons. The summed E-state index contributed by atoms with van der Waals surface area (Å²) < 4.78 is 5.75. The van der Waals surface area contributed by atoms with E-state index in [1.165, 1.54) is 0 Å². The number of amides is 1. The molecule has 2 aromatic rings. The molecule has 30 heavy (non-hydrogen) atoms. The van der Waals surface area contributed by atoms with Crippen molar-refractivity contribution < 1.29 is 19.4 Å². The maximum atomic E-state index is 13.1. The van der Waals surface area contributed by atoms with Crippen LogP contribution in [0.3, 0.4) is 0 Å². The molecule has 154 valence electrons. The normalized spacial score (nSPS) is 25.6. The van der Waals surface area contributed by atoms with Gasteiger partial charge in [-0.3, -0.25) is 9.59 Å². The first-order chi connectivity index (χ1) is 14.5. The van der Waals surface area contributed by atoms with Crippen LogP contribution in [-0.2, 0) is 16.0 Å². The zero-order chi connectivity index (χ0) is 20.8. The maximum absolute atomic E-state index is 13.1. The lowest BCUT2D eigenvalue weighted by Crippen LogP contribution is -2.37. The average molecular weight is 403 g/mol. The van der Waals surface area contributed by atoms with E-state index in [0.29, 0.717) is 5.56 Å². The molecule has 2 unspecified atom stereocenters. The number of hydrogen-bond acceptors (Lipinski definition) is 4. The molecule has 0 aromatic heterocycles. The first-order valence-corrected chi connectivity index (χ1v) is 10.7. The third kappa shape index (κ3) is 3.00. The van der Waals surface area contributed by atoms with Crippen LogP contribution in [0, 0.1) is 0 Å². The van der Waals surface area contributed by atoms with Gasteiger partial charge in [-0.2, -0.15) is 0 Å². The molecule has 2 atom stereocenters. The van der Waals surface area contributed by atoms with E-state index in [9.17, 15) is 14.7 Å². The monoisotopic (exact) mass is 403 g/mol. The molecule has 1 saturated carbocycles. The van der Waals surface area contributed by atoms with Crippen LogP contribution in [0.5, 0.6) is 5.75 Å². The number of carbonyl (C=O) groups excluding carboxylic acids is 2. The van der Waals surface area contributed by atoms with Crippen LogP contribution in [-0.4, -0.2) is 33.8 Å². The van der Waals surface area contributed by atoms with Crippen LogP contribution in [0.4, 0.5) is 0 Å². The summed E-state index contributed by atoms with van der Waals surface area (Å²) in [6.07, 6.45) is 4.75. The number of aliphatic hydroxyl groups is 1. The Hall–Kier alpha value is -3.08. The number of hydrogen-bond donors (Lipinski definition) is 1. The van der Waals surface area contributed by atoms with Crippen molar-refractivity contribution >= 4 is 17.4 Å². The third-order valence-corrected chi connectivity index (χ3v) is 6.48. The lowest BCUT2D eigenvalue weighted by Gasteiger charge is -2.30. The SMILES string of the molecule is CC1Cc2cc(/C(O)=C3/C(=O)C(=O)N(C4CCCC4)C3c3ccccc3)ccc2O1. The Morgan fingerprint density at radius 3 is 2.53 bits per heavy atom. The van der Waals surface area contributed by atoms with Gasteiger partial charge in [-0.05, 0) is 49.1 Å². The van der Waals surface area contributed by atoms with Crippen molar-refractivity contribution in [2.75, 3.05) is 0 Å². The third-order valence-electron chi connectivity index (χ3n) is 6.48. The molecule has 1 N–H and O–H groups in total. The number of ether oxygens (including phenoxy) is 1. The number of carbonyl (C=O) groups is 2. The fraction of sp³-hybridized carbons (Fsp3) is 0.360. The molecule has 0 bridgehead atoms. The quantitative estimate of drug-likeness (QED) is 0.469. The molecule has 5 rings (SSSR count). The first-order valence-electron chi connectivity index (χ1n) is 10.7. The minimum absolute atomic E-state index is 0.0335. The van der Waals surface area contributed by atoms with Gasteiger partial charge in [0.1, 0.15) is 17.6 Å². The molecule has 2 aliphatic heterocycles. The Labute approximate surface area is 176 Å². The largest absolute Gasteiger partial charge is 0.507 e. The number of Topliss-reactive ketones (excluding diaryl/α,β-unsaturated/α-hetero) is 1. The van der Waals surface area contributed by atoms with Crippen LogP contribution in [0.15, 0.2) is 54.1 Å². The predicted molar refractivity (Wildman–Crippen MR) is 113 cm³/mol. The van der Waals surface area contributed by atoms with E-state index in [2.05, 4.69) is 0 Å². The summed E-state index contributed by atoms with van der Waals surface area (Å²) in [5.74, 6) is -0.399. The molecule has 2 heterocycles. The van der Waals surface area contributed by atoms with Gasteiger partial charge in [0.2, 0.25) is 0 Å². The second-order valence-corrected chi connectivity index (χ2v) is 8.51. The smallest absolute Gasteiger partial charge is 0.295 e. The lowest BCUT2D eigenvalue weighted by atomic mass is 9.94. The molecule has 5 nitrogen and oxygen atoms in total. The Morgan fingerprint density at radius 2 is 1.80 bits per heavy atom.